The fraction of sp³-hybridized carbons (Fsp3) is 0.429. The van der Waals surface area contributed by atoms with E-state index in [1.165, 1.54) is 17.8 Å². The first kappa shape index (κ1) is 25.2. The van der Waals surface area contributed by atoms with Crippen LogP contribution in [0.4, 0.5) is 13.2 Å². The van der Waals surface area contributed by atoms with Crippen LogP contribution in [-0.4, -0.2) is 55.4 Å². The summed E-state index contributed by atoms with van der Waals surface area (Å²) in [6.45, 7) is 2.99. The fourth-order valence-corrected chi connectivity index (χ4v) is 3.29. The summed E-state index contributed by atoms with van der Waals surface area (Å²) in [4.78, 5) is 10.3. The standard InChI is InChI=1S/C21H25F3N4O2.HI/c1-15-5-3-4-6-17(15)18-13-28(9-10-29-18)20(25-2)27-12-16-7-8-26-19(11-16)30-14-21(22,23)24;/h3-8,11,18H,9-10,12-14H2,1-2H3,(H,25,27);1H. The van der Waals surface area contributed by atoms with Crippen LogP contribution in [0.2, 0.25) is 0 Å². The third-order valence-electron chi connectivity index (χ3n) is 4.75. The Morgan fingerprint density at radius 1 is 1.32 bits per heavy atom. The molecule has 0 bridgehead atoms. The van der Waals surface area contributed by atoms with Gasteiger partial charge in [-0.3, -0.25) is 4.99 Å². The Bertz CT molecular complexity index is 880. The molecule has 10 heteroatoms. The molecular weight excluding hydrogens is 524 g/mol. The Kier molecular flexibility index (Phi) is 9.35. The van der Waals surface area contributed by atoms with E-state index in [0.29, 0.717) is 32.2 Å². The summed E-state index contributed by atoms with van der Waals surface area (Å²) in [5, 5.41) is 3.26. The van der Waals surface area contributed by atoms with E-state index in [-0.39, 0.29) is 36.0 Å². The van der Waals surface area contributed by atoms with Gasteiger partial charge in [-0.15, -0.1) is 24.0 Å². The lowest BCUT2D eigenvalue weighted by molar-refractivity contribution is -0.154. The number of morpholine rings is 1. The van der Waals surface area contributed by atoms with Gasteiger partial charge in [-0.05, 0) is 29.7 Å². The Hall–Kier alpha value is -2.08. The average Bonchev–Trinajstić information content (AvgIpc) is 2.73. The van der Waals surface area contributed by atoms with Crippen molar-refractivity contribution >= 4 is 29.9 Å². The monoisotopic (exact) mass is 550 g/mol. The molecule has 1 aromatic carbocycles. The van der Waals surface area contributed by atoms with E-state index >= 15 is 0 Å². The van der Waals surface area contributed by atoms with Crippen molar-refractivity contribution in [3.05, 3.63) is 59.3 Å². The molecule has 31 heavy (non-hydrogen) atoms. The molecule has 1 fully saturated rings. The van der Waals surface area contributed by atoms with E-state index in [1.54, 1.807) is 13.1 Å². The quantitative estimate of drug-likeness (QED) is 0.346. The van der Waals surface area contributed by atoms with Crippen molar-refractivity contribution in [3.8, 4) is 5.88 Å². The van der Waals surface area contributed by atoms with E-state index in [9.17, 15) is 13.2 Å². The lowest BCUT2D eigenvalue weighted by Gasteiger charge is -2.35. The van der Waals surface area contributed by atoms with Gasteiger partial charge in [0.25, 0.3) is 0 Å². The van der Waals surface area contributed by atoms with Crippen molar-refractivity contribution in [1.82, 2.24) is 15.2 Å². The summed E-state index contributed by atoms with van der Waals surface area (Å²) in [7, 11) is 1.70. The lowest BCUT2D eigenvalue weighted by atomic mass is 10.0. The number of ether oxygens (including phenoxy) is 2. The van der Waals surface area contributed by atoms with Crippen LogP contribution >= 0.6 is 24.0 Å². The summed E-state index contributed by atoms with van der Waals surface area (Å²) in [5.74, 6) is 0.638. The molecule has 1 aliphatic heterocycles. The second kappa shape index (κ2) is 11.5. The van der Waals surface area contributed by atoms with Crippen LogP contribution in [0.3, 0.4) is 0 Å². The number of halogens is 4. The van der Waals surface area contributed by atoms with Crippen LogP contribution < -0.4 is 10.1 Å². The molecule has 1 saturated heterocycles. The zero-order valence-corrected chi connectivity index (χ0v) is 19.7. The third kappa shape index (κ3) is 7.53. The minimum atomic E-state index is -4.40. The SMILES string of the molecule is CN=C(NCc1ccnc(OCC(F)(F)F)c1)N1CCOC(c2ccccc2C)C1.I. The van der Waals surface area contributed by atoms with Gasteiger partial charge >= 0.3 is 6.18 Å². The van der Waals surface area contributed by atoms with Crippen molar-refractivity contribution < 1.29 is 22.6 Å². The smallest absolute Gasteiger partial charge is 0.422 e. The van der Waals surface area contributed by atoms with E-state index in [2.05, 4.69) is 39.2 Å². The molecule has 1 aliphatic rings. The maximum atomic E-state index is 12.3. The number of pyridine rings is 1. The molecule has 1 aromatic heterocycles. The number of hydrogen-bond acceptors (Lipinski definition) is 4. The predicted octanol–water partition coefficient (Wildman–Crippen LogP) is 4.10. The van der Waals surface area contributed by atoms with Gasteiger partial charge in [0.05, 0.1) is 13.2 Å². The van der Waals surface area contributed by atoms with Gasteiger partial charge in [0, 0.05) is 32.4 Å². The van der Waals surface area contributed by atoms with Crippen LogP contribution in [0.15, 0.2) is 47.6 Å². The first-order chi connectivity index (χ1) is 14.4. The van der Waals surface area contributed by atoms with Gasteiger partial charge in [-0.2, -0.15) is 13.2 Å². The van der Waals surface area contributed by atoms with Crippen LogP contribution in [0.5, 0.6) is 5.88 Å². The van der Waals surface area contributed by atoms with Gasteiger partial charge in [-0.1, -0.05) is 24.3 Å². The molecule has 0 spiro atoms. The molecule has 0 amide bonds. The van der Waals surface area contributed by atoms with Crippen LogP contribution in [0.1, 0.15) is 22.8 Å². The van der Waals surface area contributed by atoms with Crippen LogP contribution in [0, 0.1) is 6.92 Å². The molecule has 1 unspecified atom stereocenters. The maximum absolute atomic E-state index is 12.3. The van der Waals surface area contributed by atoms with Gasteiger partial charge in [0.15, 0.2) is 12.6 Å². The van der Waals surface area contributed by atoms with Crippen LogP contribution in [0.25, 0.3) is 0 Å². The molecule has 170 valence electrons. The first-order valence-corrected chi connectivity index (χ1v) is 9.63. The van der Waals surface area contributed by atoms with Gasteiger partial charge in [0.1, 0.15) is 6.10 Å². The molecule has 2 heterocycles. The molecule has 2 aromatic rings. The number of benzene rings is 1. The Morgan fingerprint density at radius 3 is 2.81 bits per heavy atom. The van der Waals surface area contributed by atoms with Crippen molar-refractivity contribution in [2.75, 3.05) is 33.4 Å². The molecule has 1 N–H and O–H groups in total. The second-order valence-electron chi connectivity index (χ2n) is 6.97. The zero-order valence-electron chi connectivity index (χ0n) is 17.4. The number of alkyl halides is 3. The number of aryl methyl sites for hydroxylation is 1. The van der Waals surface area contributed by atoms with Crippen molar-refractivity contribution in [2.45, 2.75) is 25.7 Å². The number of rotatable bonds is 5. The largest absolute Gasteiger partial charge is 0.468 e. The van der Waals surface area contributed by atoms with Crippen molar-refractivity contribution in [2.24, 2.45) is 4.99 Å². The molecule has 0 saturated carbocycles. The van der Waals surface area contributed by atoms with Gasteiger partial charge in [-0.25, -0.2) is 4.98 Å². The highest BCUT2D eigenvalue weighted by Gasteiger charge is 2.29. The molecule has 0 aliphatic carbocycles. The first-order valence-electron chi connectivity index (χ1n) is 9.63. The summed E-state index contributed by atoms with van der Waals surface area (Å²) < 4.78 is 47.7. The van der Waals surface area contributed by atoms with E-state index in [4.69, 9.17) is 9.47 Å². The predicted molar refractivity (Wildman–Crippen MR) is 123 cm³/mol. The molecule has 3 rings (SSSR count). The number of aromatic nitrogens is 1. The van der Waals surface area contributed by atoms with Crippen molar-refractivity contribution in [1.29, 1.82) is 0 Å². The number of guanidine groups is 1. The highest BCUT2D eigenvalue weighted by atomic mass is 127. The van der Waals surface area contributed by atoms with E-state index in [0.717, 1.165) is 11.1 Å². The Labute approximate surface area is 196 Å². The Balaban J connectivity index is 0.00000341. The molecule has 0 radical (unpaired) electrons. The molecular formula is C21H26F3IN4O2. The molecule has 1 atom stereocenters. The molecule has 6 nitrogen and oxygen atoms in total. The fourth-order valence-electron chi connectivity index (χ4n) is 3.29. The van der Waals surface area contributed by atoms with E-state index in [1.807, 2.05) is 12.1 Å². The third-order valence-corrected chi connectivity index (χ3v) is 4.75. The maximum Gasteiger partial charge on any atom is 0.422 e. The summed E-state index contributed by atoms with van der Waals surface area (Å²) in [5.41, 5.74) is 3.07. The lowest BCUT2D eigenvalue weighted by Crippen LogP contribution is -2.48. The summed E-state index contributed by atoms with van der Waals surface area (Å²) in [6.07, 6.45) is -3.03. The average molecular weight is 550 g/mol. The summed E-state index contributed by atoms with van der Waals surface area (Å²) in [6, 6.07) is 11.3. The Morgan fingerprint density at radius 2 is 2.10 bits per heavy atom. The topological polar surface area (TPSA) is 59.0 Å². The number of nitrogens with one attached hydrogen (secondary N) is 1. The second-order valence-corrected chi connectivity index (χ2v) is 6.97. The summed E-state index contributed by atoms with van der Waals surface area (Å²) >= 11 is 0. The van der Waals surface area contributed by atoms with Crippen molar-refractivity contribution in [3.63, 3.8) is 0 Å². The minimum absolute atomic E-state index is 0. The van der Waals surface area contributed by atoms with Gasteiger partial charge < -0.3 is 19.7 Å². The van der Waals surface area contributed by atoms with E-state index < -0.39 is 12.8 Å². The number of hydrogen-bond donors (Lipinski definition) is 1. The van der Waals surface area contributed by atoms with Crippen LogP contribution in [-0.2, 0) is 11.3 Å². The normalized spacial score (nSPS) is 17.1. The number of nitrogens with zero attached hydrogens (tertiary/aromatic N) is 3. The highest BCUT2D eigenvalue weighted by molar-refractivity contribution is 14.0. The minimum Gasteiger partial charge on any atom is -0.468 e. The zero-order chi connectivity index (χ0) is 21.6. The van der Waals surface area contributed by atoms with Gasteiger partial charge in [0.2, 0.25) is 5.88 Å². The number of aliphatic imine (C=N–C) groups is 1. The highest BCUT2D eigenvalue weighted by Crippen LogP contribution is 2.25.